The highest BCUT2D eigenvalue weighted by Gasteiger charge is 2.06. The molecule has 0 radical (unpaired) electrons. The Kier molecular flexibility index (Phi) is 3.22. The normalized spacial score (nSPS) is 10.4. The van der Waals surface area contributed by atoms with Crippen LogP contribution in [0, 0.1) is 5.82 Å². The minimum absolute atomic E-state index is 0.0942. The first-order valence-electron chi connectivity index (χ1n) is 4.86. The number of halogens is 2. The molecule has 0 aliphatic rings. The molecule has 0 aliphatic carbocycles. The molecule has 1 nitrogen and oxygen atoms in total. The van der Waals surface area contributed by atoms with Crippen LogP contribution < -0.4 is 0 Å². The largest absolute Gasteiger partial charge is 0.392 e. The van der Waals surface area contributed by atoms with Crippen LogP contribution in [0.1, 0.15) is 5.56 Å². The molecule has 0 heterocycles. The van der Waals surface area contributed by atoms with Gasteiger partial charge in [0.2, 0.25) is 0 Å². The molecular formula is C13H10ClFO. The smallest absolute Gasteiger partial charge is 0.123 e. The van der Waals surface area contributed by atoms with Crippen LogP contribution >= 0.6 is 11.6 Å². The summed E-state index contributed by atoms with van der Waals surface area (Å²) in [6.07, 6.45) is 0. The molecule has 0 saturated heterocycles. The van der Waals surface area contributed by atoms with Crippen LogP contribution in [0.4, 0.5) is 4.39 Å². The van der Waals surface area contributed by atoms with E-state index in [1.54, 1.807) is 30.3 Å². The maximum atomic E-state index is 13.1. The van der Waals surface area contributed by atoms with Gasteiger partial charge in [0.1, 0.15) is 5.82 Å². The van der Waals surface area contributed by atoms with Crippen LogP contribution in [0.2, 0.25) is 5.02 Å². The summed E-state index contributed by atoms with van der Waals surface area (Å²) in [5.74, 6) is -0.304. The van der Waals surface area contributed by atoms with E-state index < -0.39 is 0 Å². The monoisotopic (exact) mass is 236 g/mol. The molecule has 0 bridgehead atoms. The molecule has 2 aromatic rings. The van der Waals surface area contributed by atoms with Gasteiger partial charge < -0.3 is 5.11 Å². The SMILES string of the molecule is OCc1ccc(Cl)cc1-c1cccc(F)c1. The van der Waals surface area contributed by atoms with Crippen molar-refractivity contribution in [2.45, 2.75) is 6.61 Å². The lowest BCUT2D eigenvalue weighted by Crippen LogP contribution is -1.89. The number of hydrogen-bond acceptors (Lipinski definition) is 1. The van der Waals surface area contributed by atoms with E-state index in [-0.39, 0.29) is 12.4 Å². The lowest BCUT2D eigenvalue weighted by molar-refractivity contribution is 0.282. The number of aliphatic hydroxyl groups is 1. The fraction of sp³-hybridized carbons (Fsp3) is 0.0769. The number of rotatable bonds is 2. The van der Waals surface area contributed by atoms with Crippen molar-refractivity contribution in [2.24, 2.45) is 0 Å². The van der Waals surface area contributed by atoms with Crippen LogP contribution in [0.15, 0.2) is 42.5 Å². The Morgan fingerprint density at radius 1 is 1.12 bits per heavy atom. The Bertz CT molecular complexity index is 511. The van der Waals surface area contributed by atoms with Crippen LogP contribution in [0.25, 0.3) is 11.1 Å². The lowest BCUT2D eigenvalue weighted by Gasteiger charge is -2.08. The fourth-order valence-corrected chi connectivity index (χ4v) is 1.78. The van der Waals surface area contributed by atoms with Gasteiger partial charge in [0.05, 0.1) is 6.61 Å². The van der Waals surface area contributed by atoms with Gasteiger partial charge in [-0.2, -0.15) is 0 Å². The average Bonchev–Trinajstić information content (AvgIpc) is 2.29. The van der Waals surface area contributed by atoms with E-state index in [2.05, 4.69) is 0 Å². The highest BCUT2D eigenvalue weighted by atomic mass is 35.5. The summed E-state index contributed by atoms with van der Waals surface area (Å²) in [5, 5.41) is 9.77. The Labute approximate surface area is 98.1 Å². The third kappa shape index (κ3) is 2.23. The maximum Gasteiger partial charge on any atom is 0.123 e. The second kappa shape index (κ2) is 4.64. The third-order valence-electron chi connectivity index (χ3n) is 2.38. The van der Waals surface area contributed by atoms with Gasteiger partial charge in [0.25, 0.3) is 0 Å². The van der Waals surface area contributed by atoms with Gasteiger partial charge >= 0.3 is 0 Å². The lowest BCUT2D eigenvalue weighted by atomic mass is 10.0. The zero-order chi connectivity index (χ0) is 11.5. The van der Waals surface area contributed by atoms with Crippen molar-refractivity contribution in [2.75, 3.05) is 0 Å². The molecule has 2 rings (SSSR count). The zero-order valence-electron chi connectivity index (χ0n) is 8.45. The van der Waals surface area contributed by atoms with Crippen molar-refractivity contribution in [3.8, 4) is 11.1 Å². The molecular weight excluding hydrogens is 227 g/mol. The molecule has 0 atom stereocenters. The highest BCUT2D eigenvalue weighted by Crippen LogP contribution is 2.27. The Balaban J connectivity index is 2.58. The molecule has 0 unspecified atom stereocenters. The van der Waals surface area contributed by atoms with Crippen molar-refractivity contribution >= 4 is 11.6 Å². The molecule has 1 N–H and O–H groups in total. The van der Waals surface area contributed by atoms with Crippen LogP contribution in [0.3, 0.4) is 0 Å². The summed E-state index contributed by atoms with van der Waals surface area (Å²) >= 11 is 5.89. The van der Waals surface area contributed by atoms with Gasteiger partial charge in [0.15, 0.2) is 0 Å². The summed E-state index contributed by atoms with van der Waals surface area (Å²) in [5.41, 5.74) is 2.20. The molecule has 2 aromatic carbocycles. The minimum atomic E-state index is -0.304. The third-order valence-corrected chi connectivity index (χ3v) is 2.61. The summed E-state index contributed by atoms with van der Waals surface area (Å²) in [4.78, 5) is 0. The van der Waals surface area contributed by atoms with E-state index in [4.69, 9.17) is 11.6 Å². The summed E-state index contributed by atoms with van der Waals surface area (Å²) in [6, 6.07) is 11.4. The van der Waals surface area contributed by atoms with Gasteiger partial charge in [-0.1, -0.05) is 29.8 Å². The predicted octanol–water partition coefficient (Wildman–Crippen LogP) is 3.64. The minimum Gasteiger partial charge on any atom is -0.392 e. The number of benzene rings is 2. The molecule has 82 valence electrons. The van der Waals surface area contributed by atoms with Crippen molar-refractivity contribution in [1.82, 2.24) is 0 Å². The molecule has 0 saturated carbocycles. The topological polar surface area (TPSA) is 20.2 Å². The average molecular weight is 237 g/mol. The summed E-state index contributed by atoms with van der Waals surface area (Å²) < 4.78 is 13.1. The van der Waals surface area contributed by atoms with E-state index in [0.29, 0.717) is 10.6 Å². The highest BCUT2D eigenvalue weighted by molar-refractivity contribution is 6.30. The quantitative estimate of drug-likeness (QED) is 0.844. The van der Waals surface area contributed by atoms with Crippen molar-refractivity contribution < 1.29 is 9.50 Å². The number of aliphatic hydroxyl groups excluding tert-OH is 1. The van der Waals surface area contributed by atoms with E-state index in [0.717, 1.165) is 11.1 Å². The van der Waals surface area contributed by atoms with E-state index >= 15 is 0 Å². The second-order valence-corrected chi connectivity index (χ2v) is 3.91. The maximum absolute atomic E-state index is 13.1. The first-order valence-corrected chi connectivity index (χ1v) is 5.24. The molecule has 16 heavy (non-hydrogen) atoms. The first-order chi connectivity index (χ1) is 7.70. The number of hydrogen-bond donors (Lipinski definition) is 1. The van der Waals surface area contributed by atoms with Gasteiger partial charge in [-0.3, -0.25) is 0 Å². The standard InChI is InChI=1S/C13H10ClFO/c14-11-5-4-10(8-16)13(7-11)9-2-1-3-12(15)6-9/h1-7,16H,8H2. The first kappa shape index (κ1) is 11.1. The fourth-order valence-electron chi connectivity index (χ4n) is 1.61. The van der Waals surface area contributed by atoms with Crippen molar-refractivity contribution in [3.63, 3.8) is 0 Å². The van der Waals surface area contributed by atoms with Crippen molar-refractivity contribution in [1.29, 1.82) is 0 Å². The van der Waals surface area contributed by atoms with Crippen LogP contribution in [0.5, 0.6) is 0 Å². The molecule has 3 heteroatoms. The molecule has 0 fully saturated rings. The van der Waals surface area contributed by atoms with Gasteiger partial charge in [0, 0.05) is 5.02 Å². The Morgan fingerprint density at radius 2 is 1.94 bits per heavy atom. The van der Waals surface area contributed by atoms with Gasteiger partial charge in [-0.25, -0.2) is 4.39 Å². The van der Waals surface area contributed by atoms with Crippen LogP contribution in [-0.2, 0) is 6.61 Å². The molecule has 0 aromatic heterocycles. The molecule has 0 amide bonds. The van der Waals surface area contributed by atoms with Crippen LogP contribution in [-0.4, -0.2) is 5.11 Å². The Hall–Kier alpha value is -1.38. The van der Waals surface area contributed by atoms with E-state index in [1.165, 1.54) is 12.1 Å². The van der Waals surface area contributed by atoms with Gasteiger partial charge in [-0.15, -0.1) is 0 Å². The van der Waals surface area contributed by atoms with E-state index in [9.17, 15) is 9.50 Å². The zero-order valence-corrected chi connectivity index (χ0v) is 9.21. The second-order valence-electron chi connectivity index (χ2n) is 3.47. The molecule has 0 spiro atoms. The summed E-state index contributed by atoms with van der Waals surface area (Å²) in [6.45, 7) is -0.0942. The Morgan fingerprint density at radius 3 is 2.62 bits per heavy atom. The van der Waals surface area contributed by atoms with Crippen molar-refractivity contribution in [3.05, 3.63) is 58.9 Å². The molecule has 0 aliphatic heterocycles. The van der Waals surface area contributed by atoms with Gasteiger partial charge in [-0.05, 0) is 41.0 Å². The van der Waals surface area contributed by atoms with E-state index in [1.807, 2.05) is 0 Å². The summed E-state index contributed by atoms with van der Waals surface area (Å²) in [7, 11) is 0. The predicted molar refractivity (Wildman–Crippen MR) is 62.8 cm³/mol.